The first-order valence-electron chi connectivity index (χ1n) is 7.73. The summed E-state index contributed by atoms with van der Waals surface area (Å²) in [4.78, 5) is 8.90. The largest absolute Gasteiger partial charge is 0.490 e. The number of carboxylic acids is 1. The van der Waals surface area contributed by atoms with Crippen molar-refractivity contribution in [3.8, 4) is 0 Å². The van der Waals surface area contributed by atoms with Crippen molar-refractivity contribution < 1.29 is 23.1 Å². The predicted molar refractivity (Wildman–Crippen MR) is 81.5 cm³/mol. The molecule has 0 bridgehead atoms. The van der Waals surface area contributed by atoms with Crippen LogP contribution in [0.5, 0.6) is 0 Å². The van der Waals surface area contributed by atoms with Crippen molar-refractivity contribution in [3.05, 3.63) is 35.4 Å². The molecule has 2 fully saturated rings. The van der Waals surface area contributed by atoms with Gasteiger partial charge in [0.05, 0.1) is 0 Å². The molecule has 6 heteroatoms. The molecule has 128 valence electrons. The van der Waals surface area contributed by atoms with Crippen molar-refractivity contribution in [2.24, 2.45) is 0 Å². The highest BCUT2D eigenvalue weighted by Gasteiger charge is 2.39. The summed E-state index contributed by atoms with van der Waals surface area (Å²) in [6.45, 7) is 2.38. The summed E-state index contributed by atoms with van der Waals surface area (Å²) in [5.74, 6) is -1.95. The molecule has 2 saturated carbocycles. The number of nitrogens with one attached hydrogen (secondary N) is 1. The quantitative estimate of drug-likeness (QED) is 0.886. The van der Waals surface area contributed by atoms with Gasteiger partial charge in [-0.25, -0.2) is 4.79 Å². The van der Waals surface area contributed by atoms with Crippen LogP contribution in [-0.2, 0) is 10.2 Å². The summed E-state index contributed by atoms with van der Waals surface area (Å²) in [7, 11) is 2.07. The Labute approximate surface area is 133 Å². The molecule has 3 nitrogen and oxygen atoms in total. The Morgan fingerprint density at radius 2 is 1.70 bits per heavy atom. The normalized spacial score (nSPS) is 24.9. The van der Waals surface area contributed by atoms with Crippen molar-refractivity contribution in [3.63, 3.8) is 0 Å². The lowest BCUT2D eigenvalue weighted by Crippen LogP contribution is -2.37. The highest BCUT2D eigenvalue weighted by molar-refractivity contribution is 5.73. The van der Waals surface area contributed by atoms with Gasteiger partial charge in [0.25, 0.3) is 0 Å². The zero-order valence-corrected chi connectivity index (χ0v) is 13.3. The smallest absolute Gasteiger partial charge is 0.475 e. The molecule has 0 amide bonds. The molecule has 23 heavy (non-hydrogen) atoms. The van der Waals surface area contributed by atoms with E-state index in [1.165, 1.54) is 25.7 Å². The highest BCUT2D eigenvalue weighted by atomic mass is 19.4. The molecular weight excluding hydrogens is 307 g/mol. The van der Waals surface area contributed by atoms with Crippen molar-refractivity contribution in [2.45, 2.75) is 56.2 Å². The molecule has 0 heterocycles. The first-order valence-corrected chi connectivity index (χ1v) is 7.73. The zero-order valence-electron chi connectivity index (χ0n) is 13.3. The van der Waals surface area contributed by atoms with Gasteiger partial charge in [0.1, 0.15) is 0 Å². The van der Waals surface area contributed by atoms with E-state index in [0.29, 0.717) is 5.41 Å². The zero-order chi connectivity index (χ0) is 17.3. The Hall–Kier alpha value is -1.56. The molecule has 0 aliphatic heterocycles. The second kappa shape index (κ2) is 6.51. The predicted octanol–water partition coefficient (Wildman–Crippen LogP) is 3.84. The van der Waals surface area contributed by atoms with E-state index in [9.17, 15) is 13.2 Å². The SMILES string of the molecule is CNC1CC(c2ccc(C3(C)CC3)cc2)C1.O=C(O)C(F)(F)F. The maximum atomic E-state index is 10.6. The van der Waals surface area contributed by atoms with Gasteiger partial charge < -0.3 is 10.4 Å². The average molecular weight is 329 g/mol. The van der Waals surface area contributed by atoms with Gasteiger partial charge in [-0.2, -0.15) is 13.2 Å². The monoisotopic (exact) mass is 329 g/mol. The van der Waals surface area contributed by atoms with Crippen LogP contribution < -0.4 is 5.32 Å². The number of alkyl halides is 3. The third-order valence-corrected chi connectivity index (χ3v) is 4.87. The van der Waals surface area contributed by atoms with Crippen molar-refractivity contribution in [1.82, 2.24) is 5.32 Å². The molecule has 1 aromatic rings. The number of halogens is 3. The molecule has 0 spiro atoms. The van der Waals surface area contributed by atoms with Crippen LogP contribution in [0.15, 0.2) is 24.3 Å². The van der Waals surface area contributed by atoms with Crippen LogP contribution in [-0.4, -0.2) is 30.3 Å². The van der Waals surface area contributed by atoms with Gasteiger partial charge in [-0.1, -0.05) is 31.2 Å². The van der Waals surface area contributed by atoms with Gasteiger partial charge in [-0.15, -0.1) is 0 Å². The summed E-state index contributed by atoms with van der Waals surface area (Å²) in [5.41, 5.74) is 3.60. The van der Waals surface area contributed by atoms with E-state index in [4.69, 9.17) is 9.90 Å². The van der Waals surface area contributed by atoms with Crippen LogP contribution >= 0.6 is 0 Å². The number of hydrogen-bond acceptors (Lipinski definition) is 2. The summed E-state index contributed by atoms with van der Waals surface area (Å²) in [6.07, 6.45) is 0.287. The number of rotatable bonds is 3. The third-order valence-electron chi connectivity index (χ3n) is 4.87. The number of carbonyl (C=O) groups is 1. The van der Waals surface area contributed by atoms with Crippen LogP contribution in [0.25, 0.3) is 0 Å². The van der Waals surface area contributed by atoms with Crippen LogP contribution in [0.4, 0.5) is 13.2 Å². The summed E-state index contributed by atoms with van der Waals surface area (Å²) in [5, 5.41) is 10.5. The Morgan fingerprint density at radius 3 is 2.04 bits per heavy atom. The minimum atomic E-state index is -5.08. The molecule has 3 rings (SSSR count). The van der Waals surface area contributed by atoms with Gasteiger partial charge in [0.2, 0.25) is 0 Å². The molecule has 0 atom stereocenters. The Morgan fingerprint density at radius 1 is 1.22 bits per heavy atom. The standard InChI is InChI=1S/C15H21N.C2HF3O2/c1-15(7-8-15)13-5-3-11(4-6-13)12-9-14(10-12)16-2;3-2(4,5)1(6)7/h3-6,12,14,16H,7-10H2,1-2H3;(H,6,7). The molecule has 1 aromatic carbocycles. The maximum Gasteiger partial charge on any atom is 0.490 e. The van der Waals surface area contributed by atoms with Crippen molar-refractivity contribution >= 4 is 5.97 Å². The molecular formula is C17H22F3NO2. The van der Waals surface area contributed by atoms with Crippen molar-refractivity contribution in [1.29, 1.82) is 0 Å². The molecule has 0 aromatic heterocycles. The van der Waals surface area contributed by atoms with Crippen LogP contribution in [0.3, 0.4) is 0 Å². The Kier molecular flexibility index (Phi) is 5.04. The van der Waals surface area contributed by atoms with Crippen LogP contribution in [0.1, 0.15) is 49.7 Å². The number of benzene rings is 1. The van der Waals surface area contributed by atoms with Crippen LogP contribution in [0.2, 0.25) is 0 Å². The van der Waals surface area contributed by atoms with Gasteiger partial charge in [0, 0.05) is 6.04 Å². The molecule has 2 aliphatic carbocycles. The van der Waals surface area contributed by atoms with E-state index in [2.05, 4.69) is 43.6 Å². The van der Waals surface area contributed by atoms with Gasteiger partial charge in [-0.05, 0) is 55.2 Å². The lowest BCUT2D eigenvalue weighted by atomic mass is 9.75. The minimum Gasteiger partial charge on any atom is -0.475 e. The van der Waals surface area contributed by atoms with E-state index in [0.717, 1.165) is 12.0 Å². The van der Waals surface area contributed by atoms with Crippen molar-refractivity contribution in [2.75, 3.05) is 7.05 Å². The summed E-state index contributed by atoms with van der Waals surface area (Å²) < 4.78 is 31.7. The van der Waals surface area contributed by atoms with Gasteiger partial charge in [-0.3, -0.25) is 0 Å². The van der Waals surface area contributed by atoms with E-state index < -0.39 is 12.1 Å². The van der Waals surface area contributed by atoms with Gasteiger partial charge in [0.15, 0.2) is 0 Å². The third kappa shape index (κ3) is 4.47. The first kappa shape index (κ1) is 17.8. The number of carboxylic acid groups (broad SMARTS) is 1. The lowest BCUT2D eigenvalue weighted by molar-refractivity contribution is -0.192. The molecule has 2 N–H and O–H groups in total. The second-order valence-corrected chi connectivity index (χ2v) is 6.64. The van der Waals surface area contributed by atoms with Gasteiger partial charge >= 0.3 is 12.1 Å². The van der Waals surface area contributed by atoms with E-state index in [1.807, 2.05) is 0 Å². The second-order valence-electron chi connectivity index (χ2n) is 6.64. The topological polar surface area (TPSA) is 49.3 Å². The minimum absolute atomic E-state index is 0.519. The summed E-state index contributed by atoms with van der Waals surface area (Å²) >= 11 is 0. The molecule has 0 saturated heterocycles. The highest BCUT2D eigenvalue weighted by Crippen LogP contribution is 2.48. The molecule has 2 aliphatic rings. The fourth-order valence-corrected chi connectivity index (χ4v) is 2.76. The molecule has 0 unspecified atom stereocenters. The maximum absolute atomic E-state index is 10.6. The average Bonchev–Trinajstić information content (AvgIpc) is 3.17. The number of aliphatic carboxylic acids is 1. The first-order chi connectivity index (χ1) is 10.7. The fourth-order valence-electron chi connectivity index (χ4n) is 2.76. The van der Waals surface area contributed by atoms with E-state index in [-0.39, 0.29) is 0 Å². The lowest BCUT2D eigenvalue weighted by Gasteiger charge is -2.35. The Balaban J connectivity index is 0.000000236. The van der Waals surface area contributed by atoms with Crippen LogP contribution in [0, 0.1) is 0 Å². The fraction of sp³-hybridized carbons (Fsp3) is 0.588. The summed E-state index contributed by atoms with van der Waals surface area (Å²) in [6, 6.07) is 10.2. The van der Waals surface area contributed by atoms with E-state index >= 15 is 0 Å². The van der Waals surface area contributed by atoms with E-state index in [1.54, 1.807) is 11.1 Å². The Bertz CT molecular complexity index is 544. The number of hydrogen-bond donors (Lipinski definition) is 2. The molecule has 0 radical (unpaired) electrons.